The van der Waals surface area contributed by atoms with Gasteiger partial charge in [0.25, 0.3) is 5.91 Å². The van der Waals surface area contributed by atoms with Gasteiger partial charge in [-0.15, -0.1) is 11.3 Å². The Hall–Kier alpha value is -2.65. The summed E-state index contributed by atoms with van der Waals surface area (Å²) in [6.45, 7) is 0.914. The third-order valence-electron chi connectivity index (χ3n) is 3.87. The Labute approximate surface area is 146 Å². The number of fused-ring (bicyclic) bond motifs is 1. The maximum atomic E-state index is 13.2. The van der Waals surface area contributed by atoms with E-state index in [2.05, 4.69) is 20.3 Å². The van der Waals surface area contributed by atoms with Crippen molar-refractivity contribution in [3.05, 3.63) is 47.0 Å². The number of aliphatic hydroxyl groups is 1. The van der Waals surface area contributed by atoms with Crippen molar-refractivity contribution in [1.82, 2.24) is 19.9 Å². The van der Waals surface area contributed by atoms with Crippen molar-refractivity contribution in [3.8, 4) is 0 Å². The van der Waals surface area contributed by atoms with Crippen LogP contribution in [0.15, 0.2) is 29.9 Å². The molecule has 0 spiro atoms. The first kappa shape index (κ1) is 15.9. The topological polar surface area (TPSA) is 91.2 Å². The number of anilines is 1. The standard InChI is InChI=1S/C16H14FN5O2S/c17-10-3-9(4-18-6-10)5-19-16-20-12-1-2-25-14(12)13(21-16)15(24)22-7-11(23)8-22/h1-4,6,11,23H,5,7-8H2,(H,19,20,21). The van der Waals surface area contributed by atoms with Crippen LogP contribution in [-0.2, 0) is 6.54 Å². The molecular weight excluding hydrogens is 345 g/mol. The molecule has 3 aromatic heterocycles. The number of aliphatic hydroxyl groups excluding tert-OH is 1. The highest BCUT2D eigenvalue weighted by atomic mass is 32.1. The van der Waals surface area contributed by atoms with Gasteiger partial charge in [0.05, 0.1) is 22.5 Å². The van der Waals surface area contributed by atoms with Crippen LogP contribution in [0.3, 0.4) is 0 Å². The second kappa shape index (κ2) is 6.34. The van der Waals surface area contributed by atoms with Crippen LogP contribution in [0.1, 0.15) is 16.1 Å². The molecule has 4 rings (SSSR count). The predicted octanol–water partition coefficient (Wildman–Crippen LogP) is 1.65. The minimum absolute atomic E-state index is 0.226. The summed E-state index contributed by atoms with van der Waals surface area (Å²) in [6, 6.07) is 3.19. The fourth-order valence-corrected chi connectivity index (χ4v) is 3.40. The molecule has 1 aliphatic heterocycles. The Balaban J connectivity index is 1.60. The van der Waals surface area contributed by atoms with E-state index >= 15 is 0 Å². The first-order valence-electron chi connectivity index (χ1n) is 7.66. The summed E-state index contributed by atoms with van der Waals surface area (Å²) in [6.07, 6.45) is 2.21. The molecule has 1 amide bonds. The Morgan fingerprint density at radius 1 is 1.40 bits per heavy atom. The summed E-state index contributed by atoms with van der Waals surface area (Å²) < 4.78 is 13.9. The Kier molecular flexibility index (Phi) is 4.02. The first-order chi connectivity index (χ1) is 12.1. The highest BCUT2D eigenvalue weighted by Gasteiger charge is 2.31. The molecular formula is C16H14FN5O2S. The van der Waals surface area contributed by atoms with E-state index in [1.54, 1.807) is 11.1 Å². The van der Waals surface area contributed by atoms with Gasteiger partial charge in [0.1, 0.15) is 5.82 Å². The quantitative estimate of drug-likeness (QED) is 0.736. The third kappa shape index (κ3) is 3.15. The van der Waals surface area contributed by atoms with Gasteiger partial charge in [-0.2, -0.15) is 0 Å². The van der Waals surface area contributed by atoms with E-state index < -0.39 is 11.9 Å². The van der Waals surface area contributed by atoms with Gasteiger partial charge >= 0.3 is 0 Å². The molecule has 7 nitrogen and oxygen atoms in total. The number of amides is 1. The van der Waals surface area contributed by atoms with Gasteiger partial charge in [0, 0.05) is 25.8 Å². The number of likely N-dealkylation sites (tertiary alicyclic amines) is 1. The van der Waals surface area contributed by atoms with Crippen molar-refractivity contribution in [2.24, 2.45) is 0 Å². The van der Waals surface area contributed by atoms with E-state index in [0.29, 0.717) is 40.5 Å². The minimum atomic E-state index is -0.470. The summed E-state index contributed by atoms with van der Waals surface area (Å²) in [7, 11) is 0. The van der Waals surface area contributed by atoms with E-state index in [-0.39, 0.29) is 12.5 Å². The molecule has 0 saturated carbocycles. The molecule has 0 unspecified atom stereocenters. The van der Waals surface area contributed by atoms with Gasteiger partial charge < -0.3 is 15.3 Å². The maximum absolute atomic E-state index is 13.2. The number of β-amino-alcohol motifs (C(OH)–C–C–N with tert-alkyl or cyclic N) is 1. The largest absolute Gasteiger partial charge is 0.389 e. The Morgan fingerprint density at radius 3 is 3.00 bits per heavy atom. The second-order valence-corrected chi connectivity index (χ2v) is 6.68. The number of carbonyl (C=O) groups excluding carboxylic acids is 1. The zero-order valence-electron chi connectivity index (χ0n) is 13.0. The van der Waals surface area contributed by atoms with Gasteiger partial charge in [-0.25, -0.2) is 14.4 Å². The summed E-state index contributed by atoms with van der Waals surface area (Å²) in [5.74, 6) is -0.351. The first-order valence-corrected chi connectivity index (χ1v) is 8.54. The predicted molar refractivity (Wildman–Crippen MR) is 90.8 cm³/mol. The molecule has 0 radical (unpaired) electrons. The van der Waals surface area contributed by atoms with Crippen molar-refractivity contribution in [2.45, 2.75) is 12.6 Å². The number of hydrogen-bond acceptors (Lipinski definition) is 7. The summed E-state index contributed by atoms with van der Waals surface area (Å²) in [5.41, 5.74) is 1.63. The van der Waals surface area contributed by atoms with Crippen LogP contribution in [-0.4, -0.2) is 50.1 Å². The van der Waals surface area contributed by atoms with Crippen molar-refractivity contribution >= 4 is 33.4 Å². The van der Waals surface area contributed by atoms with Gasteiger partial charge in [-0.3, -0.25) is 9.78 Å². The van der Waals surface area contributed by atoms with Crippen LogP contribution in [0.25, 0.3) is 10.2 Å². The van der Waals surface area contributed by atoms with E-state index in [9.17, 15) is 14.3 Å². The normalized spacial score (nSPS) is 14.6. The number of halogens is 1. The van der Waals surface area contributed by atoms with Crippen LogP contribution in [0.5, 0.6) is 0 Å². The Morgan fingerprint density at radius 2 is 2.24 bits per heavy atom. The lowest BCUT2D eigenvalue weighted by Crippen LogP contribution is -2.53. The molecule has 9 heteroatoms. The second-order valence-electron chi connectivity index (χ2n) is 5.76. The van der Waals surface area contributed by atoms with Crippen LogP contribution >= 0.6 is 11.3 Å². The lowest BCUT2D eigenvalue weighted by Gasteiger charge is -2.35. The van der Waals surface area contributed by atoms with Crippen molar-refractivity contribution in [2.75, 3.05) is 18.4 Å². The number of carbonyl (C=O) groups is 1. The molecule has 0 atom stereocenters. The molecule has 0 aromatic carbocycles. The SMILES string of the molecule is O=C(c1nc(NCc2cncc(F)c2)nc2ccsc12)N1CC(O)C1. The third-order valence-corrected chi connectivity index (χ3v) is 4.78. The molecule has 3 aromatic rings. The van der Waals surface area contributed by atoms with E-state index in [1.165, 1.54) is 17.4 Å². The van der Waals surface area contributed by atoms with E-state index in [4.69, 9.17) is 0 Å². The molecule has 4 heterocycles. The van der Waals surface area contributed by atoms with Gasteiger partial charge in [-0.05, 0) is 23.1 Å². The summed E-state index contributed by atoms with van der Waals surface area (Å²) in [4.78, 5) is 26.7. The summed E-state index contributed by atoms with van der Waals surface area (Å²) >= 11 is 1.40. The maximum Gasteiger partial charge on any atom is 0.274 e. The zero-order valence-corrected chi connectivity index (χ0v) is 13.8. The molecule has 1 saturated heterocycles. The molecule has 0 bridgehead atoms. The molecule has 1 fully saturated rings. The number of hydrogen-bond donors (Lipinski definition) is 2. The average Bonchev–Trinajstić information content (AvgIpc) is 3.04. The highest BCUT2D eigenvalue weighted by Crippen LogP contribution is 2.26. The van der Waals surface area contributed by atoms with Crippen LogP contribution in [0, 0.1) is 5.82 Å². The number of rotatable bonds is 4. The van der Waals surface area contributed by atoms with Crippen molar-refractivity contribution in [1.29, 1.82) is 0 Å². The monoisotopic (exact) mass is 359 g/mol. The highest BCUT2D eigenvalue weighted by molar-refractivity contribution is 7.17. The number of aromatic nitrogens is 3. The molecule has 25 heavy (non-hydrogen) atoms. The van der Waals surface area contributed by atoms with Crippen LogP contribution in [0.2, 0.25) is 0 Å². The molecule has 1 aliphatic rings. The van der Waals surface area contributed by atoms with E-state index in [0.717, 1.165) is 6.20 Å². The van der Waals surface area contributed by atoms with Gasteiger partial charge in [0.15, 0.2) is 5.69 Å². The summed E-state index contributed by atoms with van der Waals surface area (Å²) in [5, 5.41) is 14.3. The fourth-order valence-electron chi connectivity index (χ4n) is 2.59. The lowest BCUT2D eigenvalue weighted by atomic mass is 10.1. The van der Waals surface area contributed by atoms with Gasteiger partial charge in [0.2, 0.25) is 5.95 Å². The van der Waals surface area contributed by atoms with Crippen molar-refractivity contribution < 1.29 is 14.3 Å². The Bertz CT molecular complexity index is 941. The van der Waals surface area contributed by atoms with Crippen LogP contribution < -0.4 is 5.32 Å². The lowest BCUT2D eigenvalue weighted by molar-refractivity contribution is 0.00567. The molecule has 128 valence electrons. The van der Waals surface area contributed by atoms with Gasteiger partial charge in [-0.1, -0.05) is 0 Å². The van der Waals surface area contributed by atoms with Crippen LogP contribution in [0.4, 0.5) is 10.3 Å². The smallest absolute Gasteiger partial charge is 0.274 e. The van der Waals surface area contributed by atoms with E-state index in [1.807, 2.05) is 11.4 Å². The number of pyridine rings is 1. The average molecular weight is 359 g/mol. The number of nitrogens with one attached hydrogen (secondary N) is 1. The molecule has 2 N–H and O–H groups in total. The van der Waals surface area contributed by atoms with Crippen molar-refractivity contribution in [3.63, 3.8) is 0 Å². The number of nitrogens with zero attached hydrogens (tertiary/aromatic N) is 4. The zero-order chi connectivity index (χ0) is 17.4. The number of thiophene rings is 1. The fraction of sp³-hybridized carbons (Fsp3) is 0.250. The molecule has 0 aliphatic carbocycles. The minimum Gasteiger partial charge on any atom is -0.389 e.